The molecule has 0 aromatic carbocycles. The Hall–Kier alpha value is -0.480. The molecule has 116 valence electrons. The maximum atomic E-state index is 12.8. The van der Waals surface area contributed by atoms with Crippen LogP contribution in [0.1, 0.15) is 12.8 Å². The molecule has 1 N–H and O–H groups in total. The summed E-state index contributed by atoms with van der Waals surface area (Å²) in [7, 11) is -3.69. The zero-order valence-corrected chi connectivity index (χ0v) is 14.3. The van der Waals surface area contributed by atoms with Crippen LogP contribution in [0.5, 0.6) is 0 Å². The Kier molecular flexibility index (Phi) is 4.37. The van der Waals surface area contributed by atoms with Gasteiger partial charge in [-0.2, -0.15) is 4.31 Å². The van der Waals surface area contributed by atoms with Gasteiger partial charge in [0.25, 0.3) is 10.0 Å². The zero-order chi connectivity index (χ0) is 15.0. The molecule has 0 spiro atoms. The van der Waals surface area contributed by atoms with Crippen LogP contribution in [-0.4, -0.2) is 50.5 Å². The van der Waals surface area contributed by atoms with Crippen LogP contribution in [-0.2, 0) is 19.6 Å². The standard InChI is InChI=1S/C12H15BrN2O4S2/c13-9-3-6-20-12(9)21(17,18)15-4-5-19-7-10(15)11(16)14-8-1-2-8/h3,6,8,10H,1-2,4-5,7H2,(H,14,16). The summed E-state index contributed by atoms with van der Waals surface area (Å²) in [5.41, 5.74) is 0. The monoisotopic (exact) mass is 394 g/mol. The molecule has 1 aliphatic carbocycles. The summed E-state index contributed by atoms with van der Waals surface area (Å²) in [6, 6.07) is 1.09. The number of nitrogens with one attached hydrogen (secondary N) is 1. The van der Waals surface area contributed by atoms with Crippen molar-refractivity contribution in [1.82, 2.24) is 9.62 Å². The number of amides is 1. The van der Waals surface area contributed by atoms with Crippen LogP contribution in [0.4, 0.5) is 0 Å². The van der Waals surface area contributed by atoms with Gasteiger partial charge in [0.2, 0.25) is 5.91 Å². The van der Waals surface area contributed by atoms with Crippen molar-refractivity contribution in [2.45, 2.75) is 29.1 Å². The summed E-state index contributed by atoms with van der Waals surface area (Å²) in [4.78, 5) is 12.3. The second kappa shape index (κ2) is 5.96. The van der Waals surface area contributed by atoms with E-state index in [-0.39, 0.29) is 29.3 Å². The van der Waals surface area contributed by atoms with E-state index in [1.807, 2.05) is 0 Å². The van der Waals surface area contributed by atoms with Crippen LogP contribution >= 0.6 is 27.3 Å². The minimum absolute atomic E-state index is 0.0980. The highest BCUT2D eigenvalue weighted by Crippen LogP contribution is 2.32. The van der Waals surface area contributed by atoms with Gasteiger partial charge in [0.1, 0.15) is 10.3 Å². The van der Waals surface area contributed by atoms with E-state index in [0.29, 0.717) is 11.1 Å². The highest BCUT2D eigenvalue weighted by molar-refractivity contribution is 9.10. The molecule has 2 fully saturated rings. The second-order valence-corrected chi connectivity index (χ2v) is 8.90. The summed E-state index contributed by atoms with van der Waals surface area (Å²) < 4.78 is 32.8. The summed E-state index contributed by atoms with van der Waals surface area (Å²) in [5, 5.41) is 4.56. The molecule has 1 unspecified atom stereocenters. The van der Waals surface area contributed by atoms with E-state index in [2.05, 4.69) is 21.2 Å². The van der Waals surface area contributed by atoms with E-state index in [4.69, 9.17) is 4.74 Å². The van der Waals surface area contributed by atoms with Crippen molar-refractivity contribution in [3.05, 3.63) is 15.9 Å². The lowest BCUT2D eigenvalue weighted by molar-refractivity contribution is -0.129. The van der Waals surface area contributed by atoms with Crippen molar-refractivity contribution < 1.29 is 17.9 Å². The third-order valence-corrected chi connectivity index (χ3v) is 7.99. The van der Waals surface area contributed by atoms with Gasteiger partial charge in [-0.25, -0.2) is 8.42 Å². The molecule has 6 nitrogen and oxygen atoms in total. The van der Waals surface area contributed by atoms with Crippen molar-refractivity contribution in [2.24, 2.45) is 0 Å². The van der Waals surface area contributed by atoms with Gasteiger partial charge < -0.3 is 10.1 Å². The Bertz CT molecular complexity index is 641. The quantitative estimate of drug-likeness (QED) is 0.831. The molecule has 0 radical (unpaired) electrons. The first-order valence-electron chi connectivity index (χ1n) is 6.63. The van der Waals surface area contributed by atoms with Gasteiger partial charge in [0.05, 0.1) is 13.2 Å². The summed E-state index contributed by atoms with van der Waals surface area (Å²) in [6.07, 6.45) is 1.92. The van der Waals surface area contributed by atoms with E-state index in [9.17, 15) is 13.2 Å². The Labute approximate surface area is 135 Å². The summed E-state index contributed by atoms with van der Waals surface area (Å²) in [5.74, 6) is -0.270. The molecule has 1 saturated heterocycles. The first-order valence-corrected chi connectivity index (χ1v) is 9.74. The lowest BCUT2D eigenvalue weighted by Gasteiger charge is -2.33. The molecule has 3 rings (SSSR count). The molecule has 2 aliphatic rings. The Morgan fingerprint density at radius 3 is 2.86 bits per heavy atom. The number of sulfonamides is 1. The number of nitrogens with zero attached hydrogens (tertiary/aromatic N) is 1. The second-order valence-electron chi connectivity index (χ2n) is 5.05. The molecule has 2 heterocycles. The minimum Gasteiger partial charge on any atom is -0.378 e. The molecular weight excluding hydrogens is 380 g/mol. The lowest BCUT2D eigenvalue weighted by atomic mass is 10.2. The van der Waals surface area contributed by atoms with E-state index < -0.39 is 16.1 Å². The predicted molar refractivity (Wildman–Crippen MR) is 81.7 cm³/mol. The molecule has 21 heavy (non-hydrogen) atoms. The molecule has 1 saturated carbocycles. The average molecular weight is 395 g/mol. The normalized spacial score (nSPS) is 24.0. The molecule has 1 atom stereocenters. The largest absolute Gasteiger partial charge is 0.378 e. The van der Waals surface area contributed by atoms with E-state index in [1.54, 1.807) is 11.4 Å². The van der Waals surface area contributed by atoms with E-state index in [1.165, 1.54) is 4.31 Å². The van der Waals surface area contributed by atoms with Crippen molar-refractivity contribution in [1.29, 1.82) is 0 Å². The van der Waals surface area contributed by atoms with Gasteiger partial charge >= 0.3 is 0 Å². The van der Waals surface area contributed by atoms with Crippen LogP contribution < -0.4 is 5.32 Å². The van der Waals surface area contributed by atoms with Gasteiger partial charge in [0.15, 0.2) is 0 Å². The van der Waals surface area contributed by atoms with Gasteiger partial charge in [-0.3, -0.25) is 4.79 Å². The van der Waals surface area contributed by atoms with Crippen molar-refractivity contribution in [2.75, 3.05) is 19.8 Å². The Morgan fingerprint density at radius 1 is 1.48 bits per heavy atom. The molecule has 1 aliphatic heterocycles. The number of thiophene rings is 1. The molecular formula is C12H15BrN2O4S2. The number of carbonyl (C=O) groups excluding carboxylic acids is 1. The number of rotatable bonds is 4. The fraction of sp³-hybridized carbons (Fsp3) is 0.583. The molecule has 0 bridgehead atoms. The maximum Gasteiger partial charge on any atom is 0.254 e. The first kappa shape index (κ1) is 15.4. The van der Waals surface area contributed by atoms with Gasteiger partial charge in [-0.15, -0.1) is 11.3 Å². The van der Waals surface area contributed by atoms with Crippen molar-refractivity contribution in [3.8, 4) is 0 Å². The van der Waals surface area contributed by atoms with Gasteiger partial charge in [0, 0.05) is 17.1 Å². The lowest BCUT2D eigenvalue weighted by Crippen LogP contribution is -2.55. The number of halogens is 1. The highest BCUT2D eigenvalue weighted by Gasteiger charge is 2.40. The maximum absolute atomic E-state index is 12.8. The number of ether oxygens (including phenoxy) is 1. The third kappa shape index (κ3) is 3.16. The number of morpholine rings is 1. The van der Waals surface area contributed by atoms with Crippen LogP contribution in [0, 0.1) is 0 Å². The number of hydrogen-bond donors (Lipinski definition) is 1. The number of hydrogen-bond acceptors (Lipinski definition) is 5. The molecule has 1 amide bonds. The van der Waals surface area contributed by atoms with Crippen LogP contribution in [0.25, 0.3) is 0 Å². The zero-order valence-electron chi connectivity index (χ0n) is 11.1. The summed E-state index contributed by atoms with van der Waals surface area (Å²) in [6.45, 7) is 0.589. The van der Waals surface area contributed by atoms with Crippen LogP contribution in [0.15, 0.2) is 20.1 Å². The van der Waals surface area contributed by atoms with Crippen LogP contribution in [0.3, 0.4) is 0 Å². The van der Waals surface area contributed by atoms with Crippen LogP contribution in [0.2, 0.25) is 0 Å². The molecule has 1 aromatic heterocycles. The average Bonchev–Trinajstić information content (AvgIpc) is 3.16. The minimum atomic E-state index is -3.69. The molecule has 9 heteroatoms. The Balaban J connectivity index is 1.86. The Morgan fingerprint density at radius 2 is 2.24 bits per heavy atom. The van der Waals surface area contributed by atoms with E-state index in [0.717, 1.165) is 24.2 Å². The summed E-state index contributed by atoms with van der Waals surface area (Å²) >= 11 is 4.39. The van der Waals surface area contributed by atoms with E-state index >= 15 is 0 Å². The van der Waals surface area contributed by atoms with Crippen molar-refractivity contribution in [3.63, 3.8) is 0 Å². The van der Waals surface area contributed by atoms with Crippen molar-refractivity contribution >= 4 is 43.2 Å². The topological polar surface area (TPSA) is 75.7 Å². The third-order valence-electron chi connectivity index (χ3n) is 3.43. The van der Waals surface area contributed by atoms with Gasteiger partial charge in [-0.05, 0) is 40.2 Å². The SMILES string of the molecule is O=C(NC1CC1)C1COCCN1S(=O)(=O)c1sccc1Br. The van der Waals surface area contributed by atoms with Gasteiger partial charge in [-0.1, -0.05) is 0 Å². The predicted octanol–water partition coefficient (Wildman–Crippen LogP) is 1.18. The highest BCUT2D eigenvalue weighted by atomic mass is 79.9. The fourth-order valence-electron chi connectivity index (χ4n) is 2.18. The first-order chi connectivity index (χ1) is 10.00. The fourth-order valence-corrected chi connectivity index (χ4v) is 6.16. The number of carbonyl (C=O) groups is 1. The smallest absolute Gasteiger partial charge is 0.254 e. The molecule has 1 aromatic rings.